The molecule has 0 spiro atoms. The van der Waals surface area contributed by atoms with E-state index in [1.54, 1.807) is 19.2 Å². The highest BCUT2D eigenvalue weighted by Gasteiger charge is 2.17. The number of benzene rings is 1. The monoisotopic (exact) mass is 231 g/mol. The van der Waals surface area contributed by atoms with Crippen LogP contribution in [0.25, 0.3) is 0 Å². The van der Waals surface area contributed by atoms with Gasteiger partial charge in [-0.2, -0.15) is 5.26 Å². The molecule has 1 unspecified atom stereocenters. The van der Waals surface area contributed by atoms with Gasteiger partial charge in [-0.15, -0.1) is 0 Å². The Morgan fingerprint density at radius 2 is 2.06 bits per heavy atom. The fourth-order valence-corrected chi connectivity index (χ4v) is 1.70. The third kappa shape index (κ3) is 3.69. The minimum atomic E-state index is -0.187. The van der Waals surface area contributed by atoms with E-state index in [0.717, 1.165) is 5.56 Å². The summed E-state index contributed by atoms with van der Waals surface area (Å²) in [6, 6.07) is 9.43. The lowest BCUT2D eigenvalue weighted by molar-refractivity contribution is 0.0918. The van der Waals surface area contributed by atoms with E-state index >= 15 is 0 Å². The Morgan fingerprint density at radius 3 is 2.53 bits per heavy atom. The molecule has 3 heteroatoms. The van der Waals surface area contributed by atoms with Crippen molar-refractivity contribution in [2.75, 3.05) is 7.11 Å². The van der Waals surface area contributed by atoms with Crippen molar-refractivity contribution in [3.8, 4) is 6.07 Å². The zero-order valence-corrected chi connectivity index (χ0v) is 10.3. The van der Waals surface area contributed by atoms with Crippen molar-refractivity contribution >= 4 is 5.78 Å². The number of ketones is 1. The van der Waals surface area contributed by atoms with E-state index < -0.39 is 0 Å². The lowest BCUT2D eigenvalue weighted by atomic mass is 9.92. The highest BCUT2D eigenvalue weighted by molar-refractivity contribution is 5.97. The zero-order valence-electron chi connectivity index (χ0n) is 10.3. The number of carbonyl (C=O) groups excluding carboxylic acids is 1. The topological polar surface area (TPSA) is 50.1 Å². The standard InChI is InChI=1S/C14H17NO2/c1-3-12(8-9-15)14(16)13-6-4-11(5-7-13)10-17-2/h4-7,12H,3,8,10H2,1-2H3. The van der Waals surface area contributed by atoms with E-state index in [1.807, 2.05) is 19.1 Å². The number of hydrogen-bond donors (Lipinski definition) is 0. The quantitative estimate of drug-likeness (QED) is 0.707. The van der Waals surface area contributed by atoms with Crippen molar-refractivity contribution in [3.05, 3.63) is 35.4 Å². The predicted octanol–water partition coefficient (Wildman–Crippen LogP) is 2.96. The first kappa shape index (κ1) is 13.4. The number of nitrogens with zero attached hydrogens (tertiary/aromatic N) is 1. The van der Waals surface area contributed by atoms with E-state index in [9.17, 15) is 4.79 Å². The largest absolute Gasteiger partial charge is 0.380 e. The smallest absolute Gasteiger partial charge is 0.166 e. The maximum absolute atomic E-state index is 12.1. The fraction of sp³-hybridized carbons (Fsp3) is 0.429. The van der Waals surface area contributed by atoms with Crippen molar-refractivity contribution in [2.45, 2.75) is 26.4 Å². The molecule has 0 saturated heterocycles. The summed E-state index contributed by atoms with van der Waals surface area (Å²) in [4.78, 5) is 12.1. The molecular weight excluding hydrogens is 214 g/mol. The molecule has 0 heterocycles. The van der Waals surface area contributed by atoms with Crippen LogP contribution in [0.5, 0.6) is 0 Å². The summed E-state index contributed by atoms with van der Waals surface area (Å²) in [6.07, 6.45) is 0.987. The van der Waals surface area contributed by atoms with Gasteiger partial charge in [0.05, 0.1) is 12.7 Å². The minimum Gasteiger partial charge on any atom is -0.380 e. The Morgan fingerprint density at radius 1 is 1.41 bits per heavy atom. The van der Waals surface area contributed by atoms with Crippen LogP contribution in [0.2, 0.25) is 0 Å². The molecule has 1 rings (SSSR count). The summed E-state index contributed by atoms with van der Waals surface area (Å²) in [7, 11) is 1.64. The molecule has 0 fully saturated rings. The molecule has 17 heavy (non-hydrogen) atoms. The lowest BCUT2D eigenvalue weighted by Gasteiger charge is -2.10. The number of ether oxygens (including phenoxy) is 1. The van der Waals surface area contributed by atoms with E-state index in [1.165, 1.54) is 0 Å². The highest BCUT2D eigenvalue weighted by Crippen LogP contribution is 2.16. The van der Waals surface area contributed by atoms with Gasteiger partial charge >= 0.3 is 0 Å². The number of carbonyl (C=O) groups is 1. The molecule has 1 aromatic rings. The molecule has 90 valence electrons. The van der Waals surface area contributed by atoms with Crippen molar-refractivity contribution in [1.82, 2.24) is 0 Å². The number of nitriles is 1. The van der Waals surface area contributed by atoms with Gasteiger partial charge in [-0.05, 0) is 12.0 Å². The second-order valence-corrected chi connectivity index (χ2v) is 3.96. The van der Waals surface area contributed by atoms with E-state index in [0.29, 0.717) is 18.6 Å². The maximum atomic E-state index is 12.1. The molecule has 0 saturated carbocycles. The van der Waals surface area contributed by atoms with Crippen molar-refractivity contribution in [1.29, 1.82) is 5.26 Å². The second kappa shape index (κ2) is 6.82. The summed E-state index contributed by atoms with van der Waals surface area (Å²) >= 11 is 0. The first-order valence-electron chi connectivity index (χ1n) is 5.72. The van der Waals surface area contributed by atoms with Gasteiger partial charge in [-0.25, -0.2) is 0 Å². The van der Waals surface area contributed by atoms with E-state index in [2.05, 4.69) is 6.07 Å². The van der Waals surface area contributed by atoms with Crippen LogP contribution in [0.1, 0.15) is 35.7 Å². The molecule has 3 nitrogen and oxygen atoms in total. The summed E-state index contributed by atoms with van der Waals surface area (Å²) in [5.41, 5.74) is 1.71. The third-order valence-electron chi connectivity index (χ3n) is 2.75. The van der Waals surface area contributed by atoms with Crippen LogP contribution in [0.3, 0.4) is 0 Å². The third-order valence-corrected chi connectivity index (χ3v) is 2.75. The zero-order chi connectivity index (χ0) is 12.7. The molecule has 0 N–H and O–H groups in total. The van der Waals surface area contributed by atoms with Crippen LogP contribution in [0.15, 0.2) is 24.3 Å². The molecule has 0 amide bonds. The molecule has 1 aromatic carbocycles. The summed E-state index contributed by atoms with van der Waals surface area (Å²) < 4.78 is 5.01. The maximum Gasteiger partial charge on any atom is 0.166 e. The average molecular weight is 231 g/mol. The Kier molecular flexibility index (Phi) is 5.38. The summed E-state index contributed by atoms with van der Waals surface area (Å²) in [5, 5.41) is 8.66. The van der Waals surface area contributed by atoms with Crippen LogP contribution in [0.4, 0.5) is 0 Å². The first-order valence-corrected chi connectivity index (χ1v) is 5.72. The number of hydrogen-bond acceptors (Lipinski definition) is 3. The second-order valence-electron chi connectivity index (χ2n) is 3.96. The van der Waals surface area contributed by atoms with Gasteiger partial charge < -0.3 is 4.74 Å². The number of Topliss-reactive ketones (excluding diaryl/α,β-unsaturated/α-hetero) is 1. The molecular formula is C14H17NO2. The predicted molar refractivity (Wildman–Crippen MR) is 65.5 cm³/mol. The molecule has 1 atom stereocenters. The van der Waals surface area contributed by atoms with E-state index in [-0.39, 0.29) is 18.1 Å². The summed E-state index contributed by atoms with van der Waals surface area (Å²) in [5.74, 6) is -0.133. The molecule has 0 aliphatic heterocycles. The first-order chi connectivity index (χ1) is 8.22. The average Bonchev–Trinajstić information content (AvgIpc) is 2.36. The van der Waals surface area contributed by atoms with Crippen molar-refractivity contribution < 1.29 is 9.53 Å². The fourth-order valence-electron chi connectivity index (χ4n) is 1.70. The van der Waals surface area contributed by atoms with Gasteiger partial charge in [0.1, 0.15) is 0 Å². The van der Waals surface area contributed by atoms with Crippen LogP contribution in [-0.2, 0) is 11.3 Å². The van der Waals surface area contributed by atoms with Crippen molar-refractivity contribution in [3.63, 3.8) is 0 Å². The molecule has 0 bridgehead atoms. The van der Waals surface area contributed by atoms with Crippen LogP contribution in [0, 0.1) is 17.2 Å². The normalized spacial score (nSPS) is 11.8. The SMILES string of the molecule is CCC(CC#N)C(=O)c1ccc(COC)cc1. The number of rotatable bonds is 6. The molecule has 0 aliphatic rings. The van der Waals surface area contributed by atoms with E-state index in [4.69, 9.17) is 10.00 Å². The lowest BCUT2D eigenvalue weighted by Crippen LogP contribution is -2.13. The molecule has 0 aromatic heterocycles. The Hall–Kier alpha value is -1.66. The van der Waals surface area contributed by atoms with Gasteiger partial charge in [0.2, 0.25) is 0 Å². The van der Waals surface area contributed by atoms with Gasteiger partial charge in [0, 0.05) is 25.0 Å². The molecule has 0 aliphatic carbocycles. The highest BCUT2D eigenvalue weighted by atomic mass is 16.5. The van der Waals surface area contributed by atoms with Gasteiger partial charge in [0.15, 0.2) is 5.78 Å². The summed E-state index contributed by atoms with van der Waals surface area (Å²) in [6.45, 7) is 2.48. The van der Waals surface area contributed by atoms with Gasteiger partial charge in [0.25, 0.3) is 0 Å². The van der Waals surface area contributed by atoms with Crippen LogP contribution < -0.4 is 0 Å². The van der Waals surface area contributed by atoms with Crippen LogP contribution in [-0.4, -0.2) is 12.9 Å². The Labute approximate surface area is 102 Å². The minimum absolute atomic E-state index is 0.0537. The van der Waals surface area contributed by atoms with Crippen LogP contribution >= 0.6 is 0 Å². The van der Waals surface area contributed by atoms with Gasteiger partial charge in [-0.1, -0.05) is 31.2 Å². The van der Waals surface area contributed by atoms with Crippen molar-refractivity contribution in [2.24, 2.45) is 5.92 Å². The number of methoxy groups -OCH3 is 1. The Balaban J connectivity index is 2.78. The molecule has 0 radical (unpaired) electrons. The van der Waals surface area contributed by atoms with Gasteiger partial charge in [-0.3, -0.25) is 4.79 Å². The Bertz CT molecular complexity index is 403.